The van der Waals surface area contributed by atoms with Crippen LogP contribution in [0.4, 0.5) is 27.9 Å². The number of likely N-dealkylation sites (tertiary alicyclic amines) is 1. The van der Waals surface area contributed by atoms with Gasteiger partial charge in [-0.3, -0.25) is 15.1 Å². The second-order valence-corrected chi connectivity index (χ2v) is 13.7. The van der Waals surface area contributed by atoms with Gasteiger partial charge in [0.25, 0.3) is 5.91 Å². The first kappa shape index (κ1) is 34.1. The van der Waals surface area contributed by atoms with Crippen molar-refractivity contribution in [2.75, 3.05) is 29.0 Å². The number of carbonyl (C=O) groups is 2. The molecule has 7 rings (SSSR count). The van der Waals surface area contributed by atoms with Crippen molar-refractivity contribution in [3.63, 3.8) is 0 Å². The van der Waals surface area contributed by atoms with E-state index in [4.69, 9.17) is 9.84 Å². The number of ether oxygens (including phenoxy) is 1. The maximum atomic E-state index is 13.4. The molecule has 2 aromatic carbocycles. The number of aromatic nitrogens is 6. The SMILES string of the molecule is Cc1ccc(-n2nc(C(C)(C)C)cc2NC(=O)Nc2ccc(OCc3ccnc(Nc4cnc(C(=O)N5CCCC5)cn4)c3)c3ccccc23)cn1. The molecule has 52 heavy (non-hydrogen) atoms. The summed E-state index contributed by atoms with van der Waals surface area (Å²) >= 11 is 0. The highest BCUT2D eigenvalue weighted by Crippen LogP contribution is 2.33. The molecule has 0 bridgehead atoms. The Bertz CT molecular complexity index is 2220. The average molecular weight is 697 g/mol. The van der Waals surface area contributed by atoms with Crippen molar-refractivity contribution >= 4 is 45.9 Å². The second-order valence-electron chi connectivity index (χ2n) is 13.7. The number of hydrogen-bond acceptors (Lipinski definition) is 9. The van der Waals surface area contributed by atoms with E-state index in [1.807, 2.05) is 73.7 Å². The predicted octanol–water partition coefficient (Wildman–Crippen LogP) is 7.41. The lowest BCUT2D eigenvalue weighted by atomic mass is 9.92. The quantitative estimate of drug-likeness (QED) is 0.140. The molecule has 0 saturated carbocycles. The van der Waals surface area contributed by atoms with Gasteiger partial charge in [0, 0.05) is 47.2 Å². The molecule has 1 fully saturated rings. The highest BCUT2D eigenvalue weighted by molar-refractivity contribution is 6.07. The first-order valence-corrected chi connectivity index (χ1v) is 17.2. The van der Waals surface area contributed by atoms with Gasteiger partial charge in [0.1, 0.15) is 35.5 Å². The molecule has 6 aromatic rings. The molecule has 3 N–H and O–H groups in total. The first-order chi connectivity index (χ1) is 25.1. The van der Waals surface area contributed by atoms with E-state index in [1.54, 1.807) is 22.0 Å². The molecule has 5 heterocycles. The summed E-state index contributed by atoms with van der Waals surface area (Å²) in [4.78, 5) is 45.3. The van der Waals surface area contributed by atoms with E-state index >= 15 is 0 Å². The van der Waals surface area contributed by atoms with Gasteiger partial charge >= 0.3 is 6.03 Å². The van der Waals surface area contributed by atoms with Gasteiger partial charge in [-0.1, -0.05) is 45.0 Å². The highest BCUT2D eigenvalue weighted by atomic mass is 16.5. The van der Waals surface area contributed by atoms with E-state index in [1.165, 1.54) is 12.4 Å². The molecule has 1 aliphatic rings. The van der Waals surface area contributed by atoms with Crippen molar-refractivity contribution in [1.29, 1.82) is 0 Å². The lowest BCUT2D eigenvalue weighted by Gasteiger charge is -2.15. The van der Waals surface area contributed by atoms with Gasteiger partial charge in [0.15, 0.2) is 0 Å². The zero-order valence-corrected chi connectivity index (χ0v) is 29.6. The van der Waals surface area contributed by atoms with Gasteiger partial charge in [-0.25, -0.2) is 24.4 Å². The summed E-state index contributed by atoms with van der Waals surface area (Å²) in [5.74, 6) is 2.15. The second kappa shape index (κ2) is 14.5. The van der Waals surface area contributed by atoms with Gasteiger partial charge in [0.2, 0.25) is 0 Å². The van der Waals surface area contributed by atoms with E-state index in [9.17, 15) is 9.59 Å². The number of amides is 3. The maximum absolute atomic E-state index is 13.4. The number of aryl methyl sites for hydroxylation is 1. The molecular formula is C39H40N10O3. The van der Waals surface area contributed by atoms with Crippen molar-refractivity contribution in [2.45, 2.75) is 52.6 Å². The largest absolute Gasteiger partial charge is 0.488 e. The van der Waals surface area contributed by atoms with Crippen LogP contribution in [0.1, 0.15) is 61.1 Å². The molecule has 264 valence electrons. The van der Waals surface area contributed by atoms with Crippen molar-refractivity contribution in [2.24, 2.45) is 0 Å². The summed E-state index contributed by atoms with van der Waals surface area (Å²) in [6, 6.07) is 20.5. The molecule has 1 saturated heterocycles. The fourth-order valence-corrected chi connectivity index (χ4v) is 5.90. The van der Waals surface area contributed by atoms with E-state index < -0.39 is 6.03 Å². The molecule has 0 unspecified atom stereocenters. The topological polar surface area (TPSA) is 152 Å². The van der Waals surface area contributed by atoms with E-state index in [0.29, 0.717) is 34.6 Å². The Morgan fingerprint density at radius 2 is 1.63 bits per heavy atom. The summed E-state index contributed by atoms with van der Waals surface area (Å²) in [6.07, 6.45) is 8.49. The number of urea groups is 1. The number of benzene rings is 2. The van der Waals surface area contributed by atoms with Crippen LogP contribution in [-0.2, 0) is 12.0 Å². The summed E-state index contributed by atoms with van der Waals surface area (Å²) in [5.41, 5.74) is 4.08. The van der Waals surface area contributed by atoms with Gasteiger partial charge < -0.3 is 20.3 Å². The lowest BCUT2D eigenvalue weighted by Crippen LogP contribution is -2.28. The van der Waals surface area contributed by atoms with Gasteiger partial charge in [-0.15, -0.1) is 0 Å². The molecule has 0 spiro atoms. The molecule has 13 nitrogen and oxygen atoms in total. The van der Waals surface area contributed by atoms with Gasteiger partial charge in [-0.2, -0.15) is 5.10 Å². The predicted molar refractivity (Wildman–Crippen MR) is 200 cm³/mol. The standard InChI is InChI=1S/C39H40N10O3/c1-25-11-12-27(21-41-25)49-36(20-33(47-49)39(2,3)4)46-38(51)44-30-13-14-32(29-10-6-5-9-28(29)30)52-24-26-15-16-40-34(19-26)45-35-23-42-31(22-43-35)37(50)48-17-7-8-18-48/h5-6,9-16,19-23H,7-8,17-18,24H2,1-4H3,(H,40,43,45)(H2,44,46,51). The number of nitrogens with zero attached hydrogens (tertiary/aromatic N) is 7. The van der Waals surface area contributed by atoms with Crippen molar-refractivity contribution < 1.29 is 14.3 Å². The minimum Gasteiger partial charge on any atom is -0.488 e. The fourth-order valence-electron chi connectivity index (χ4n) is 5.90. The number of rotatable bonds is 9. The Morgan fingerprint density at radius 3 is 2.37 bits per heavy atom. The summed E-state index contributed by atoms with van der Waals surface area (Å²) in [5, 5.41) is 15.6. The third-order valence-corrected chi connectivity index (χ3v) is 8.73. The number of hydrogen-bond donors (Lipinski definition) is 3. The van der Waals surface area contributed by atoms with E-state index in [2.05, 4.69) is 56.7 Å². The summed E-state index contributed by atoms with van der Waals surface area (Å²) < 4.78 is 7.99. The van der Waals surface area contributed by atoms with E-state index in [-0.39, 0.29) is 17.9 Å². The van der Waals surface area contributed by atoms with Crippen LogP contribution in [0.5, 0.6) is 5.75 Å². The monoisotopic (exact) mass is 696 g/mol. The Labute approximate surface area is 301 Å². The third-order valence-electron chi connectivity index (χ3n) is 8.73. The zero-order valence-electron chi connectivity index (χ0n) is 29.6. The Balaban J connectivity index is 1.03. The molecule has 3 amide bonds. The first-order valence-electron chi connectivity index (χ1n) is 17.2. The molecule has 13 heteroatoms. The smallest absolute Gasteiger partial charge is 0.324 e. The van der Waals surface area contributed by atoms with Crippen molar-refractivity contribution in [1.82, 2.24) is 34.6 Å². The normalized spacial score (nSPS) is 12.9. The van der Waals surface area contributed by atoms with Crippen LogP contribution >= 0.6 is 0 Å². The Hall–Kier alpha value is -6.37. The molecule has 0 atom stereocenters. The fraction of sp³-hybridized carbons (Fsp3) is 0.256. The number of nitrogens with one attached hydrogen (secondary N) is 3. The van der Waals surface area contributed by atoms with Crippen LogP contribution < -0.4 is 20.7 Å². The Kier molecular flexibility index (Phi) is 9.49. The molecule has 0 aliphatic carbocycles. The van der Waals surface area contributed by atoms with Crippen LogP contribution in [0, 0.1) is 6.92 Å². The van der Waals surface area contributed by atoms with Crippen LogP contribution in [0.15, 0.2) is 91.5 Å². The number of fused-ring (bicyclic) bond motifs is 1. The van der Waals surface area contributed by atoms with Crippen LogP contribution in [0.3, 0.4) is 0 Å². The highest BCUT2D eigenvalue weighted by Gasteiger charge is 2.23. The summed E-state index contributed by atoms with van der Waals surface area (Å²) in [7, 11) is 0. The molecule has 0 radical (unpaired) electrons. The van der Waals surface area contributed by atoms with Crippen LogP contribution in [0.2, 0.25) is 0 Å². The average Bonchev–Trinajstić information content (AvgIpc) is 3.83. The van der Waals surface area contributed by atoms with E-state index in [0.717, 1.165) is 59.3 Å². The van der Waals surface area contributed by atoms with Crippen molar-refractivity contribution in [3.05, 3.63) is 114 Å². The molecule has 4 aromatic heterocycles. The van der Waals surface area contributed by atoms with Gasteiger partial charge in [0.05, 0.1) is 35.7 Å². The minimum atomic E-state index is -0.408. The lowest BCUT2D eigenvalue weighted by molar-refractivity contribution is 0.0786. The van der Waals surface area contributed by atoms with Crippen LogP contribution in [0.25, 0.3) is 16.5 Å². The number of anilines is 4. The third kappa shape index (κ3) is 7.68. The van der Waals surface area contributed by atoms with Crippen LogP contribution in [-0.4, -0.2) is 59.6 Å². The minimum absolute atomic E-state index is 0.0943. The van der Waals surface area contributed by atoms with Gasteiger partial charge in [-0.05, 0) is 61.7 Å². The summed E-state index contributed by atoms with van der Waals surface area (Å²) in [6.45, 7) is 9.94. The molecular weight excluding hydrogens is 656 g/mol. The van der Waals surface area contributed by atoms with Crippen molar-refractivity contribution in [3.8, 4) is 11.4 Å². The zero-order chi connectivity index (χ0) is 36.2. The molecule has 1 aliphatic heterocycles. The number of carbonyl (C=O) groups excluding carboxylic acids is 2. The maximum Gasteiger partial charge on any atom is 0.324 e. The number of pyridine rings is 2. The Morgan fingerprint density at radius 1 is 0.827 bits per heavy atom.